The monoisotopic (exact) mass is 389 g/mol. The van der Waals surface area contributed by atoms with E-state index in [1.165, 1.54) is 6.07 Å². The molecule has 1 amide bonds. The molecule has 3 aromatic rings. The van der Waals surface area contributed by atoms with Crippen LogP contribution in [0.4, 0.5) is 0 Å². The van der Waals surface area contributed by atoms with E-state index in [1.54, 1.807) is 11.4 Å². The number of para-hydroxylation sites is 1. The van der Waals surface area contributed by atoms with Crippen molar-refractivity contribution in [2.24, 2.45) is 0 Å². The van der Waals surface area contributed by atoms with Crippen molar-refractivity contribution in [3.63, 3.8) is 0 Å². The molecule has 2 aromatic heterocycles. The number of benzene rings is 1. The molecule has 1 aliphatic rings. The minimum Gasteiger partial charge on any atom is -0.361 e. The first-order valence-corrected chi connectivity index (χ1v) is 10.8. The van der Waals surface area contributed by atoms with E-state index in [0.717, 1.165) is 40.6 Å². The lowest BCUT2D eigenvalue weighted by atomic mass is 10.1. The van der Waals surface area contributed by atoms with Crippen molar-refractivity contribution in [3.8, 4) is 0 Å². The smallest absolute Gasteiger partial charge is 0.250 e. The molecule has 26 heavy (non-hydrogen) atoms. The van der Waals surface area contributed by atoms with Crippen molar-refractivity contribution < 1.29 is 13.2 Å². The zero-order valence-electron chi connectivity index (χ0n) is 13.9. The minimum atomic E-state index is -3.74. The normalized spacial score (nSPS) is 15.8. The van der Waals surface area contributed by atoms with E-state index in [0.29, 0.717) is 0 Å². The minimum absolute atomic E-state index is 0.166. The van der Waals surface area contributed by atoms with E-state index in [2.05, 4.69) is 15.0 Å². The van der Waals surface area contributed by atoms with Crippen molar-refractivity contribution in [1.29, 1.82) is 0 Å². The summed E-state index contributed by atoms with van der Waals surface area (Å²) in [5, 5.41) is 5.60. The summed E-state index contributed by atoms with van der Waals surface area (Å²) in [7, 11) is -3.74. The van der Waals surface area contributed by atoms with E-state index in [1.807, 2.05) is 30.5 Å². The first kappa shape index (κ1) is 17.3. The van der Waals surface area contributed by atoms with E-state index in [-0.39, 0.29) is 22.6 Å². The highest BCUT2D eigenvalue weighted by atomic mass is 32.2. The summed E-state index contributed by atoms with van der Waals surface area (Å²) in [6.45, 7) is 0. The van der Waals surface area contributed by atoms with Crippen LogP contribution in [-0.4, -0.2) is 31.4 Å². The number of rotatable bonds is 7. The Balaban J connectivity index is 1.61. The summed E-state index contributed by atoms with van der Waals surface area (Å²) in [5.41, 5.74) is 1.87. The molecule has 1 aliphatic carbocycles. The number of aromatic amines is 1. The number of sulfonamides is 1. The molecule has 0 aliphatic heterocycles. The van der Waals surface area contributed by atoms with Crippen molar-refractivity contribution >= 4 is 38.2 Å². The lowest BCUT2D eigenvalue weighted by Gasteiger charge is -2.18. The number of aromatic nitrogens is 1. The summed E-state index contributed by atoms with van der Waals surface area (Å²) in [4.78, 5) is 15.8. The van der Waals surface area contributed by atoms with E-state index in [4.69, 9.17) is 0 Å². The molecule has 1 aromatic carbocycles. The second-order valence-corrected chi connectivity index (χ2v) is 9.34. The summed E-state index contributed by atoms with van der Waals surface area (Å²) in [6.07, 6.45) is 4.02. The quantitative estimate of drug-likeness (QED) is 0.579. The lowest BCUT2D eigenvalue weighted by molar-refractivity contribution is -0.122. The van der Waals surface area contributed by atoms with Crippen LogP contribution in [0.3, 0.4) is 0 Å². The summed E-state index contributed by atoms with van der Waals surface area (Å²) in [6, 6.07) is 10.3. The summed E-state index contributed by atoms with van der Waals surface area (Å²) in [5.74, 6) is -0.280. The van der Waals surface area contributed by atoms with Crippen LogP contribution in [0.15, 0.2) is 52.2 Å². The molecule has 8 heteroatoms. The average Bonchev–Trinajstić information content (AvgIpc) is 3.12. The number of fused-ring (bicyclic) bond motifs is 1. The van der Waals surface area contributed by atoms with Gasteiger partial charge in [0.05, 0.1) is 0 Å². The molecule has 3 N–H and O–H groups in total. The van der Waals surface area contributed by atoms with Crippen LogP contribution in [0, 0.1) is 0 Å². The second kappa shape index (κ2) is 6.86. The highest BCUT2D eigenvalue weighted by molar-refractivity contribution is 7.91. The van der Waals surface area contributed by atoms with Gasteiger partial charge in [0.2, 0.25) is 5.91 Å². The number of H-pyrrole nitrogens is 1. The Morgan fingerprint density at radius 1 is 1.23 bits per heavy atom. The van der Waals surface area contributed by atoms with Crippen molar-refractivity contribution in [2.45, 2.75) is 35.6 Å². The van der Waals surface area contributed by atoms with Crippen LogP contribution < -0.4 is 10.0 Å². The third-order valence-electron chi connectivity index (χ3n) is 4.40. The van der Waals surface area contributed by atoms with Gasteiger partial charge < -0.3 is 10.3 Å². The van der Waals surface area contributed by atoms with E-state index < -0.39 is 16.1 Å². The Bertz CT molecular complexity index is 1020. The zero-order chi connectivity index (χ0) is 18.1. The largest absolute Gasteiger partial charge is 0.361 e. The number of nitrogens with one attached hydrogen (secondary N) is 3. The molecular weight excluding hydrogens is 370 g/mol. The van der Waals surface area contributed by atoms with Gasteiger partial charge in [-0.3, -0.25) is 4.79 Å². The highest BCUT2D eigenvalue weighted by Crippen LogP contribution is 2.23. The zero-order valence-corrected chi connectivity index (χ0v) is 15.6. The molecule has 136 valence electrons. The molecule has 0 radical (unpaired) electrons. The molecular formula is C18H19N3O3S2. The number of hydrogen-bond donors (Lipinski definition) is 3. The van der Waals surface area contributed by atoms with Gasteiger partial charge in [-0.15, -0.1) is 11.3 Å². The van der Waals surface area contributed by atoms with Crippen molar-refractivity contribution in [2.75, 3.05) is 0 Å². The standard InChI is InChI=1S/C18H19N3O3S2/c22-18(20-13-7-8-13)16(21-26(23,24)17-6-3-9-25-17)10-12-11-19-15-5-2-1-4-14(12)15/h1-6,9,11,13,16,19,21H,7-8,10H2,(H,20,22)/t16-/m1/s1. The molecule has 1 saturated carbocycles. The van der Waals surface area contributed by atoms with Gasteiger partial charge in [-0.05, 0) is 42.3 Å². The Hall–Kier alpha value is -2.16. The van der Waals surface area contributed by atoms with Crippen LogP contribution in [0.2, 0.25) is 0 Å². The maximum absolute atomic E-state index is 12.7. The molecule has 4 rings (SSSR count). The third-order valence-corrected chi connectivity index (χ3v) is 7.27. The van der Waals surface area contributed by atoms with Gasteiger partial charge >= 0.3 is 0 Å². The van der Waals surface area contributed by atoms with Gasteiger partial charge in [0.25, 0.3) is 10.0 Å². The first-order chi connectivity index (χ1) is 12.5. The van der Waals surface area contributed by atoms with Crippen LogP contribution in [0.25, 0.3) is 10.9 Å². The Kier molecular flexibility index (Phi) is 4.56. The second-order valence-electron chi connectivity index (χ2n) is 6.45. The van der Waals surface area contributed by atoms with Crippen LogP contribution in [-0.2, 0) is 21.2 Å². The molecule has 1 fully saturated rings. The van der Waals surface area contributed by atoms with Gasteiger partial charge in [-0.25, -0.2) is 8.42 Å². The maximum atomic E-state index is 12.7. The predicted octanol–water partition coefficient (Wildman–Crippen LogP) is 2.40. The van der Waals surface area contributed by atoms with Crippen LogP contribution in [0.1, 0.15) is 18.4 Å². The van der Waals surface area contributed by atoms with Crippen molar-refractivity contribution in [1.82, 2.24) is 15.0 Å². The highest BCUT2D eigenvalue weighted by Gasteiger charge is 2.31. The van der Waals surface area contributed by atoms with Crippen molar-refractivity contribution in [3.05, 3.63) is 53.5 Å². The fraction of sp³-hybridized carbons (Fsp3) is 0.278. The molecule has 6 nitrogen and oxygen atoms in total. The third kappa shape index (κ3) is 3.67. The summed E-state index contributed by atoms with van der Waals surface area (Å²) < 4.78 is 28.0. The van der Waals surface area contributed by atoms with Crippen LogP contribution in [0.5, 0.6) is 0 Å². The molecule has 0 unspecified atom stereocenters. The SMILES string of the molecule is O=C(NC1CC1)[C@@H](Cc1c[nH]c2ccccc12)NS(=O)(=O)c1cccs1. The number of amides is 1. The maximum Gasteiger partial charge on any atom is 0.250 e. The van der Waals surface area contributed by atoms with Crippen LogP contribution >= 0.6 is 11.3 Å². The number of hydrogen-bond acceptors (Lipinski definition) is 4. The molecule has 0 spiro atoms. The van der Waals surface area contributed by atoms with E-state index in [9.17, 15) is 13.2 Å². The average molecular weight is 390 g/mol. The van der Waals surface area contributed by atoms with Gasteiger partial charge in [-0.2, -0.15) is 4.72 Å². The Morgan fingerprint density at radius 2 is 2.04 bits per heavy atom. The number of thiophene rings is 1. The van der Waals surface area contributed by atoms with Gasteiger partial charge in [0, 0.05) is 23.1 Å². The predicted molar refractivity (Wildman–Crippen MR) is 102 cm³/mol. The summed E-state index contributed by atoms with van der Waals surface area (Å²) >= 11 is 1.13. The van der Waals surface area contributed by atoms with Gasteiger partial charge in [0.1, 0.15) is 10.3 Å². The number of carbonyl (C=O) groups excluding carboxylic acids is 1. The fourth-order valence-corrected chi connectivity index (χ4v) is 5.10. The van der Waals surface area contributed by atoms with E-state index >= 15 is 0 Å². The number of carbonyl (C=O) groups is 1. The lowest BCUT2D eigenvalue weighted by Crippen LogP contribution is -2.48. The molecule has 2 heterocycles. The molecule has 0 bridgehead atoms. The molecule has 1 atom stereocenters. The van der Waals surface area contributed by atoms with Gasteiger partial charge in [0.15, 0.2) is 0 Å². The Morgan fingerprint density at radius 3 is 2.77 bits per heavy atom. The first-order valence-electron chi connectivity index (χ1n) is 8.44. The molecule has 0 saturated heterocycles. The topological polar surface area (TPSA) is 91.1 Å². The Labute approximate surface area is 155 Å². The fourth-order valence-electron chi connectivity index (χ4n) is 2.90. The van der Waals surface area contributed by atoms with Gasteiger partial charge in [-0.1, -0.05) is 24.3 Å².